The van der Waals surface area contributed by atoms with E-state index in [1.165, 1.54) is 40.9 Å². The van der Waals surface area contributed by atoms with Crippen LogP contribution in [0.5, 0.6) is 0 Å². The minimum Gasteiger partial charge on any atom is -0.459 e. The topological polar surface area (TPSA) is 119 Å². The largest absolute Gasteiger partial charge is 0.459 e. The molecule has 2 aliphatic rings. The number of ether oxygens (including phenoxy) is 1. The lowest BCUT2D eigenvalue weighted by Gasteiger charge is -2.44. The lowest BCUT2D eigenvalue weighted by molar-refractivity contribution is -0.384. The van der Waals surface area contributed by atoms with Gasteiger partial charge in [0.1, 0.15) is 24.1 Å². The van der Waals surface area contributed by atoms with Crippen LogP contribution in [0.4, 0.5) is 5.69 Å². The molecule has 0 spiro atoms. The number of aryl methyl sites for hydroxylation is 1. The summed E-state index contributed by atoms with van der Waals surface area (Å²) in [5.41, 5.74) is 1.61. The molecule has 2 aromatic carbocycles. The van der Waals surface area contributed by atoms with Gasteiger partial charge < -0.3 is 15.0 Å². The van der Waals surface area contributed by atoms with E-state index in [2.05, 4.69) is 5.32 Å². The van der Waals surface area contributed by atoms with Crippen LogP contribution in [0.25, 0.3) is 0 Å². The maximum absolute atomic E-state index is 12.9. The number of nitro groups is 1. The van der Waals surface area contributed by atoms with E-state index in [1.54, 1.807) is 0 Å². The van der Waals surface area contributed by atoms with Crippen molar-refractivity contribution in [2.24, 2.45) is 0 Å². The third-order valence-corrected chi connectivity index (χ3v) is 7.56. The average molecular weight is 484 g/mol. The van der Waals surface area contributed by atoms with Gasteiger partial charge in [0, 0.05) is 23.3 Å². The van der Waals surface area contributed by atoms with Gasteiger partial charge >= 0.3 is 5.97 Å². The van der Waals surface area contributed by atoms with Gasteiger partial charge in [-0.1, -0.05) is 30.3 Å². The zero-order valence-electron chi connectivity index (χ0n) is 18.8. The predicted octanol–water partition coefficient (Wildman–Crippen LogP) is 2.82. The molecule has 9 nitrogen and oxygen atoms in total. The van der Waals surface area contributed by atoms with Crippen LogP contribution in [0.3, 0.4) is 0 Å². The Morgan fingerprint density at radius 1 is 1.12 bits per heavy atom. The van der Waals surface area contributed by atoms with Gasteiger partial charge in [0.15, 0.2) is 0 Å². The van der Waals surface area contributed by atoms with E-state index in [-0.39, 0.29) is 35.9 Å². The number of fused-ring (bicyclic) bond motifs is 1. The first-order valence-corrected chi connectivity index (χ1v) is 11.8. The minimum atomic E-state index is -0.787. The number of hydrogen-bond donors (Lipinski definition) is 1. The SMILES string of the molecule is CC1(C)S[C@H]2C(NC(=O)CCc3ccccc3)C(=O)N2C1C(=O)OCc1ccc([N+](=O)[O-])cc1. The number of β-lactam (4-membered cyclic amide) rings is 1. The van der Waals surface area contributed by atoms with Gasteiger partial charge in [-0.3, -0.25) is 19.7 Å². The number of esters is 1. The van der Waals surface area contributed by atoms with Crippen molar-refractivity contribution < 1.29 is 24.0 Å². The van der Waals surface area contributed by atoms with Crippen LogP contribution in [0.15, 0.2) is 54.6 Å². The Bertz CT molecular complexity index is 1110. The molecule has 178 valence electrons. The molecule has 3 atom stereocenters. The Hall–Kier alpha value is -3.40. The molecule has 2 fully saturated rings. The number of benzene rings is 2. The highest BCUT2D eigenvalue weighted by Crippen LogP contribution is 2.51. The zero-order chi connectivity index (χ0) is 24.5. The number of hydrogen-bond acceptors (Lipinski definition) is 7. The van der Waals surface area contributed by atoms with Crippen LogP contribution < -0.4 is 5.32 Å². The van der Waals surface area contributed by atoms with Crippen molar-refractivity contribution in [2.45, 2.75) is 55.5 Å². The highest BCUT2D eigenvalue weighted by atomic mass is 32.2. The number of amides is 2. The number of thioether (sulfide) groups is 1. The third-order valence-electron chi connectivity index (χ3n) is 5.99. The molecule has 4 rings (SSSR count). The van der Waals surface area contributed by atoms with Crippen molar-refractivity contribution in [3.8, 4) is 0 Å². The van der Waals surface area contributed by atoms with E-state index < -0.39 is 27.7 Å². The molecule has 2 saturated heterocycles. The lowest BCUT2D eigenvalue weighted by atomic mass is 9.96. The summed E-state index contributed by atoms with van der Waals surface area (Å²) in [4.78, 5) is 50.0. The van der Waals surface area contributed by atoms with Crippen LogP contribution in [-0.4, -0.2) is 49.8 Å². The first-order chi connectivity index (χ1) is 16.2. The Kier molecular flexibility index (Phi) is 6.60. The van der Waals surface area contributed by atoms with Crippen LogP contribution >= 0.6 is 11.8 Å². The average Bonchev–Trinajstić information content (AvgIpc) is 3.08. The standard InChI is InChI=1S/C24H25N3O6S/c1-24(2)20(23(30)33-14-16-8-11-17(12-9-16)27(31)32)26-21(29)19(22(26)34-24)25-18(28)13-10-15-6-4-3-5-7-15/h3-9,11-12,19-20,22H,10,13-14H2,1-2H3,(H,25,28)/t19?,20?,22-/m0/s1. The Morgan fingerprint density at radius 2 is 1.79 bits per heavy atom. The molecule has 2 unspecified atom stereocenters. The van der Waals surface area contributed by atoms with Crippen molar-refractivity contribution in [3.05, 3.63) is 75.8 Å². The van der Waals surface area contributed by atoms with Crippen molar-refractivity contribution in [1.82, 2.24) is 10.2 Å². The highest BCUT2D eigenvalue weighted by Gasteiger charge is 2.64. The summed E-state index contributed by atoms with van der Waals surface area (Å²) in [7, 11) is 0. The Morgan fingerprint density at radius 3 is 2.44 bits per heavy atom. The highest BCUT2D eigenvalue weighted by molar-refractivity contribution is 8.01. The predicted molar refractivity (Wildman–Crippen MR) is 126 cm³/mol. The van der Waals surface area contributed by atoms with E-state index in [0.717, 1.165) is 5.56 Å². The Labute approximate surface area is 201 Å². The number of carbonyl (C=O) groups excluding carboxylic acids is 3. The molecule has 0 aliphatic carbocycles. The quantitative estimate of drug-likeness (QED) is 0.265. The molecule has 1 N–H and O–H groups in total. The first-order valence-electron chi connectivity index (χ1n) is 10.9. The van der Waals surface area contributed by atoms with Gasteiger partial charge in [-0.15, -0.1) is 11.8 Å². The second-order valence-corrected chi connectivity index (χ2v) is 10.6. The number of rotatable bonds is 8. The van der Waals surface area contributed by atoms with E-state index in [9.17, 15) is 24.5 Å². The summed E-state index contributed by atoms with van der Waals surface area (Å²) in [6, 6.07) is 13.9. The molecule has 0 aromatic heterocycles. The molecule has 2 amide bonds. The fourth-order valence-corrected chi connectivity index (χ4v) is 5.84. The van der Waals surface area contributed by atoms with E-state index >= 15 is 0 Å². The first kappa shape index (κ1) is 23.7. The van der Waals surface area contributed by atoms with Gasteiger partial charge in [0.05, 0.1) is 4.92 Å². The third kappa shape index (κ3) is 4.77. The van der Waals surface area contributed by atoms with Gasteiger partial charge in [0.2, 0.25) is 11.8 Å². The second kappa shape index (κ2) is 9.46. The maximum atomic E-state index is 12.9. The smallest absolute Gasteiger partial charge is 0.330 e. The summed E-state index contributed by atoms with van der Waals surface area (Å²) in [5, 5.41) is 13.3. The van der Waals surface area contributed by atoms with E-state index in [0.29, 0.717) is 12.0 Å². The van der Waals surface area contributed by atoms with Gasteiger partial charge in [-0.25, -0.2) is 4.79 Å². The molecule has 0 saturated carbocycles. The zero-order valence-corrected chi connectivity index (χ0v) is 19.6. The normalized spacial score (nSPS) is 22.5. The molecule has 2 aromatic rings. The molecule has 2 heterocycles. The summed E-state index contributed by atoms with van der Waals surface area (Å²) in [6.45, 7) is 3.69. The summed E-state index contributed by atoms with van der Waals surface area (Å²) >= 11 is 1.46. The molecule has 0 bridgehead atoms. The number of nitro benzene ring substituents is 1. The van der Waals surface area contributed by atoms with Crippen LogP contribution in [0.2, 0.25) is 0 Å². The number of carbonyl (C=O) groups is 3. The van der Waals surface area contributed by atoms with Gasteiger partial charge in [-0.05, 0) is 43.5 Å². The molecular weight excluding hydrogens is 458 g/mol. The van der Waals surface area contributed by atoms with Gasteiger partial charge in [0.25, 0.3) is 5.69 Å². The lowest BCUT2D eigenvalue weighted by Crippen LogP contribution is -2.70. The molecule has 10 heteroatoms. The maximum Gasteiger partial charge on any atom is 0.330 e. The number of non-ortho nitro benzene ring substituents is 1. The van der Waals surface area contributed by atoms with E-state index in [4.69, 9.17) is 4.74 Å². The van der Waals surface area contributed by atoms with E-state index in [1.807, 2.05) is 44.2 Å². The fourth-order valence-electron chi connectivity index (χ4n) is 4.22. The van der Waals surface area contributed by atoms with Gasteiger partial charge in [-0.2, -0.15) is 0 Å². The van der Waals surface area contributed by atoms with Crippen LogP contribution in [0, 0.1) is 10.1 Å². The molecule has 34 heavy (non-hydrogen) atoms. The number of nitrogens with zero attached hydrogens (tertiary/aromatic N) is 2. The van der Waals surface area contributed by atoms with Crippen molar-refractivity contribution >= 4 is 35.2 Å². The fraction of sp³-hybridized carbons (Fsp3) is 0.375. The molecule has 2 aliphatic heterocycles. The summed E-state index contributed by atoms with van der Waals surface area (Å²) in [6.07, 6.45) is 0.855. The molecular formula is C24H25N3O6S. The van der Waals surface area contributed by atoms with Crippen LogP contribution in [0.1, 0.15) is 31.4 Å². The minimum absolute atomic E-state index is 0.0470. The monoisotopic (exact) mass is 483 g/mol. The van der Waals surface area contributed by atoms with Crippen LogP contribution in [-0.2, 0) is 32.1 Å². The second-order valence-electron chi connectivity index (χ2n) is 8.82. The van der Waals surface area contributed by atoms with Crippen molar-refractivity contribution in [2.75, 3.05) is 0 Å². The number of nitrogens with one attached hydrogen (secondary N) is 1. The van der Waals surface area contributed by atoms with Crippen molar-refractivity contribution in [1.29, 1.82) is 0 Å². The summed E-state index contributed by atoms with van der Waals surface area (Å²) < 4.78 is 4.85. The summed E-state index contributed by atoms with van der Waals surface area (Å²) in [5.74, 6) is -1.04. The van der Waals surface area contributed by atoms with Crippen molar-refractivity contribution in [3.63, 3.8) is 0 Å². The molecule has 0 radical (unpaired) electrons. The Balaban J connectivity index is 1.33.